The van der Waals surface area contributed by atoms with E-state index in [9.17, 15) is 19.2 Å². The van der Waals surface area contributed by atoms with Gasteiger partial charge in [-0.2, -0.15) is 0 Å². The van der Waals surface area contributed by atoms with Crippen LogP contribution >= 0.6 is 11.3 Å². The van der Waals surface area contributed by atoms with E-state index in [-0.39, 0.29) is 18.1 Å². The van der Waals surface area contributed by atoms with Crippen LogP contribution in [0.3, 0.4) is 0 Å². The number of thiophene rings is 1. The minimum absolute atomic E-state index is 0.147. The smallest absolute Gasteiger partial charge is 0.355 e. The Labute approximate surface area is 190 Å². The van der Waals surface area contributed by atoms with E-state index in [4.69, 9.17) is 9.47 Å². The minimum atomic E-state index is -0.724. The van der Waals surface area contributed by atoms with E-state index in [0.717, 1.165) is 29.7 Å². The van der Waals surface area contributed by atoms with Crippen molar-refractivity contribution in [1.29, 1.82) is 0 Å². The molecule has 2 heterocycles. The average molecular weight is 461 g/mol. The first-order valence-corrected chi connectivity index (χ1v) is 11.4. The first kappa shape index (κ1) is 23.7. The van der Waals surface area contributed by atoms with Crippen molar-refractivity contribution in [1.82, 2.24) is 4.98 Å². The minimum Gasteiger partial charge on any atom is -0.462 e. The number of anilines is 1. The van der Waals surface area contributed by atoms with Crippen LogP contribution in [0.15, 0.2) is 0 Å². The van der Waals surface area contributed by atoms with Crippen molar-refractivity contribution in [2.45, 2.75) is 53.9 Å². The molecule has 2 N–H and O–H groups in total. The van der Waals surface area contributed by atoms with Gasteiger partial charge in [0.05, 0.1) is 12.2 Å². The molecule has 2 aromatic heterocycles. The Bertz CT molecular complexity index is 1080. The average Bonchev–Trinajstić information content (AvgIpc) is 3.21. The van der Waals surface area contributed by atoms with Crippen LogP contribution in [0.1, 0.15) is 80.1 Å². The lowest BCUT2D eigenvalue weighted by molar-refractivity contribution is -0.119. The predicted octanol–water partition coefficient (Wildman–Crippen LogP) is 3.99. The zero-order valence-corrected chi connectivity index (χ0v) is 19.8. The first-order valence-electron chi connectivity index (χ1n) is 10.6. The van der Waals surface area contributed by atoms with Crippen molar-refractivity contribution >= 4 is 40.0 Å². The van der Waals surface area contributed by atoms with Gasteiger partial charge < -0.3 is 19.8 Å². The Morgan fingerprint density at radius 1 is 1.12 bits per heavy atom. The number of carbonyl (C=O) groups excluding carboxylic acids is 4. The van der Waals surface area contributed by atoms with Gasteiger partial charge in [0.1, 0.15) is 10.7 Å². The van der Waals surface area contributed by atoms with Crippen LogP contribution in [-0.4, -0.2) is 41.8 Å². The Kier molecular flexibility index (Phi) is 7.18. The third-order valence-electron chi connectivity index (χ3n) is 5.57. The highest BCUT2D eigenvalue weighted by Crippen LogP contribution is 2.40. The molecule has 1 amide bonds. The van der Waals surface area contributed by atoms with Crippen molar-refractivity contribution in [2.24, 2.45) is 5.92 Å². The number of aryl methyl sites for hydroxylation is 1. The van der Waals surface area contributed by atoms with Crippen LogP contribution in [0.5, 0.6) is 0 Å². The Hall–Kier alpha value is -2.94. The van der Waals surface area contributed by atoms with Crippen molar-refractivity contribution in [3.05, 3.63) is 38.5 Å². The number of aromatic nitrogens is 1. The molecular formula is C23H28N2O6S. The quantitative estimate of drug-likeness (QED) is 0.477. The molecule has 32 heavy (non-hydrogen) atoms. The molecule has 2 aromatic rings. The van der Waals surface area contributed by atoms with E-state index in [0.29, 0.717) is 33.3 Å². The largest absolute Gasteiger partial charge is 0.462 e. The molecule has 1 atom stereocenters. The number of amides is 1. The highest BCUT2D eigenvalue weighted by atomic mass is 32.1. The van der Waals surface area contributed by atoms with E-state index in [1.165, 1.54) is 18.3 Å². The summed E-state index contributed by atoms with van der Waals surface area (Å²) in [6.45, 7) is 8.39. The molecule has 1 unspecified atom stereocenters. The van der Waals surface area contributed by atoms with Gasteiger partial charge in [-0.1, -0.05) is 6.92 Å². The van der Waals surface area contributed by atoms with Crippen molar-refractivity contribution in [3.63, 3.8) is 0 Å². The number of aromatic amines is 1. The molecule has 8 nitrogen and oxygen atoms in total. The van der Waals surface area contributed by atoms with Crippen LogP contribution in [-0.2, 0) is 27.1 Å². The Morgan fingerprint density at radius 2 is 1.84 bits per heavy atom. The number of ether oxygens (including phenoxy) is 2. The molecule has 0 aliphatic heterocycles. The molecular weight excluding hydrogens is 432 g/mol. The molecule has 3 rings (SSSR count). The van der Waals surface area contributed by atoms with Crippen molar-refractivity contribution < 1.29 is 28.7 Å². The number of hydrogen-bond donors (Lipinski definition) is 2. The molecule has 0 spiro atoms. The molecule has 0 aromatic carbocycles. The van der Waals surface area contributed by atoms with Crippen LogP contribution < -0.4 is 5.32 Å². The number of rotatable bonds is 7. The van der Waals surface area contributed by atoms with Gasteiger partial charge in [0.2, 0.25) is 0 Å². The molecule has 0 fully saturated rings. The highest BCUT2D eigenvalue weighted by Gasteiger charge is 2.29. The van der Waals surface area contributed by atoms with Crippen molar-refractivity contribution in [3.8, 4) is 0 Å². The topological polar surface area (TPSA) is 115 Å². The SMILES string of the molecule is CCOC(=O)c1c(NC(=O)COC(=O)c2[nH]c(C)c(C(C)=O)c2C)sc2c1CCC(C)C2. The lowest BCUT2D eigenvalue weighted by Crippen LogP contribution is -2.22. The van der Waals surface area contributed by atoms with Gasteiger partial charge in [-0.25, -0.2) is 9.59 Å². The standard InChI is InChI=1S/C23H28N2O6S/c1-6-30-22(28)19-15-8-7-11(2)9-16(15)32-21(19)25-17(27)10-31-23(29)20-12(3)18(14(5)26)13(4)24-20/h11,24H,6-10H2,1-5H3,(H,25,27). The van der Waals surface area contributed by atoms with Crippen LogP contribution in [0.2, 0.25) is 0 Å². The summed E-state index contributed by atoms with van der Waals surface area (Å²) < 4.78 is 10.4. The summed E-state index contributed by atoms with van der Waals surface area (Å²) in [5, 5.41) is 3.14. The number of nitrogens with one attached hydrogen (secondary N) is 2. The number of esters is 2. The molecule has 0 bridgehead atoms. The van der Waals surface area contributed by atoms with Gasteiger partial charge >= 0.3 is 11.9 Å². The maximum atomic E-state index is 12.6. The molecule has 9 heteroatoms. The van der Waals surface area contributed by atoms with Crippen LogP contribution in [0.4, 0.5) is 5.00 Å². The fourth-order valence-corrected chi connectivity index (χ4v) is 5.52. The van der Waals surface area contributed by atoms with Gasteiger partial charge in [-0.3, -0.25) is 9.59 Å². The molecule has 172 valence electrons. The number of fused-ring (bicyclic) bond motifs is 1. The van der Waals surface area contributed by atoms with Gasteiger partial charge in [0, 0.05) is 16.1 Å². The number of ketones is 1. The third kappa shape index (κ3) is 4.77. The monoisotopic (exact) mass is 460 g/mol. The molecule has 0 saturated carbocycles. The summed E-state index contributed by atoms with van der Waals surface area (Å²) in [4.78, 5) is 53.2. The molecule has 0 radical (unpaired) electrons. The number of hydrogen-bond acceptors (Lipinski definition) is 7. The summed E-state index contributed by atoms with van der Waals surface area (Å²) in [5.41, 5.74) is 2.99. The Balaban J connectivity index is 1.73. The normalized spacial score (nSPS) is 15.1. The summed E-state index contributed by atoms with van der Waals surface area (Å²) >= 11 is 1.37. The molecule has 1 aliphatic rings. The second kappa shape index (κ2) is 9.68. The number of carbonyl (C=O) groups is 4. The number of H-pyrrole nitrogens is 1. The molecule has 1 aliphatic carbocycles. The summed E-state index contributed by atoms with van der Waals surface area (Å²) in [7, 11) is 0. The summed E-state index contributed by atoms with van der Waals surface area (Å²) in [6, 6.07) is 0. The van der Waals surface area contributed by atoms with Gasteiger partial charge in [-0.15, -0.1) is 11.3 Å². The summed E-state index contributed by atoms with van der Waals surface area (Å²) in [5.74, 6) is -1.38. The Morgan fingerprint density at radius 3 is 2.47 bits per heavy atom. The van der Waals surface area contributed by atoms with Crippen LogP contribution in [0, 0.1) is 19.8 Å². The van der Waals surface area contributed by atoms with Crippen LogP contribution in [0.25, 0.3) is 0 Å². The van der Waals surface area contributed by atoms with E-state index in [1.807, 2.05) is 0 Å². The highest BCUT2D eigenvalue weighted by molar-refractivity contribution is 7.17. The first-order chi connectivity index (χ1) is 15.1. The van der Waals surface area contributed by atoms with Gasteiger partial charge in [0.15, 0.2) is 12.4 Å². The fourth-order valence-electron chi connectivity index (χ4n) is 4.11. The lowest BCUT2D eigenvalue weighted by atomic mass is 9.88. The second-order valence-electron chi connectivity index (χ2n) is 8.08. The fraction of sp³-hybridized carbons (Fsp3) is 0.478. The van der Waals surface area contributed by atoms with Gasteiger partial charge in [0.25, 0.3) is 5.91 Å². The molecule has 0 saturated heterocycles. The van der Waals surface area contributed by atoms with E-state index in [1.54, 1.807) is 20.8 Å². The third-order valence-corrected chi connectivity index (χ3v) is 6.74. The van der Waals surface area contributed by atoms with E-state index >= 15 is 0 Å². The van der Waals surface area contributed by atoms with E-state index in [2.05, 4.69) is 17.2 Å². The zero-order chi connectivity index (χ0) is 23.6. The second-order valence-corrected chi connectivity index (χ2v) is 9.19. The number of Topliss-reactive ketones (excluding diaryl/α,β-unsaturated/α-hetero) is 1. The summed E-state index contributed by atoms with van der Waals surface area (Å²) in [6.07, 6.45) is 2.58. The predicted molar refractivity (Wildman–Crippen MR) is 121 cm³/mol. The van der Waals surface area contributed by atoms with Crippen molar-refractivity contribution in [2.75, 3.05) is 18.5 Å². The maximum Gasteiger partial charge on any atom is 0.355 e. The van der Waals surface area contributed by atoms with E-state index < -0.39 is 24.5 Å². The maximum absolute atomic E-state index is 12.6. The van der Waals surface area contributed by atoms with Gasteiger partial charge in [-0.05, 0) is 64.0 Å². The lowest BCUT2D eigenvalue weighted by Gasteiger charge is -2.18. The zero-order valence-electron chi connectivity index (χ0n) is 19.0.